The molecule has 0 spiro atoms. The first kappa shape index (κ1) is 20.4. The number of rotatable bonds is 7. The number of carbonyl (C=O) groups excluding carboxylic acids is 1. The molecule has 0 saturated heterocycles. The van der Waals surface area contributed by atoms with E-state index in [1.807, 2.05) is 16.3 Å². The van der Waals surface area contributed by atoms with E-state index in [1.165, 1.54) is 6.08 Å². The molecule has 1 aliphatic carbocycles. The maximum atomic E-state index is 13.1. The Morgan fingerprint density at radius 2 is 1.62 bits per heavy atom. The summed E-state index contributed by atoms with van der Waals surface area (Å²) >= 11 is 0. The number of nitrogens with two attached hydrogens (primary N) is 1. The van der Waals surface area contributed by atoms with Crippen molar-refractivity contribution in [3.05, 3.63) is 84.7 Å². The molecule has 2 aromatic rings. The van der Waals surface area contributed by atoms with E-state index in [0.29, 0.717) is 11.5 Å². The van der Waals surface area contributed by atoms with Gasteiger partial charge in [0.25, 0.3) is 10.0 Å². The van der Waals surface area contributed by atoms with Crippen LogP contribution in [0.2, 0.25) is 0 Å². The summed E-state index contributed by atoms with van der Waals surface area (Å²) < 4.78 is 37.8. The minimum atomic E-state index is -4.28. The van der Waals surface area contributed by atoms with E-state index < -0.39 is 21.0 Å². The van der Waals surface area contributed by atoms with Crippen LogP contribution >= 0.6 is 0 Å². The Kier molecular flexibility index (Phi) is 6.17. The first-order valence-corrected chi connectivity index (χ1v) is 10.1. The summed E-state index contributed by atoms with van der Waals surface area (Å²) in [5.74, 6) is 6.10. The molecule has 0 bridgehead atoms. The number of sulfonamides is 1. The number of allylic oxidation sites excluding steroid dienone is 1. The van der Waals surface area contributed by atoms with Crippen molar-refractivity contribution in [2.24, 2.45) is 5.84 Å². The van der Waals surface area contributed by atoms with Crippen molar-refractivity contribution in [3.8, 4) is 11.5 Å². The molecule has 0 saturated carbocycles. The van der Waals surface area contributed by atoms with Crippen LogP contribution in [0, 0.1) is 0 Å². The predicted molar refractivity (Wildman–Crippen MR) is 107 cm³/mol. The number of carbonyl (C=O) groups is 1. The quantitative estimate of drug-likeness (QED) is 0.309. The van der Waals surface area contributed by atoms with E-state index >= 15 is 0 Å². The van der Waals surface area contributed by atoms with Crippen molar-refractivity contribution in [1.82, 2.24) is 15.7 Å². The van der Waals surface area contributed by atoms with Gasteiger partial charge in [0.2, 0.25) is 4.93 Å². The molecule has 2 aromatic carbocycles. The molecular weight excluding hydrogens is 396 g/mol. The van der Waals surface area contributed by atoms with Gasteiger partial charge in [-0.2, -0.15) is 0 Å². The molecule has 2 amide bonds. The second kappa shape index (κ2) is 8.78. The molecule has 1 aliphatic rings. The Morgan fingerprint density at radius 1 is 1.00 bits per heavy atom. The second-order valence-electron chi connectivity index (χ2n) is 6.00. The SMILES string of the molecule is NNC(=O)NNS(=O)(=O)C1(Oc2ccccc2)C=C(Oc2ccccc2)C=CC1. The highest BCUT2D eigenvalue weighted by Gasteiger charge is 2.46. The summed E-state index contributed by atoms with van der Waals surface area (Å²) in [5.41, 5.74) is 3.73. The number of hydrogen-bond acceptors (Lipinski definition) is 6. The topological polar surface area (TPSA) is 132 Å². The average Bonchev–Trinajstić information content (AvgIpc) is 2.73. The van der Waals surface area contributed by atoms with E-state index in [-0.39, 0.29) is 12.2 Å². The van der Waals surface area contributed by atoms with Gasteiger partial charge < -0.3 is 9.47 Å². The Morgan fingerprint density at radius 3 is 2.24 bits per heavy atom. The first-order valence-electron chi connectivity index (χ1n) is 8.58. The summed E-state index contributed by atoms with van der Waals surface area (Å²) in [6, 6.07) is 16.4. The molecule has 10 heteroatoms. The van der Waals surface area contributed by atoms with Crippen molar-refractivity contribution < 1.29 is 22.7 Å². The van der Waals surface area contributed by atoms with E-state index in [0.717, 1.165) is 0 Å². The van der Waals surface area contributed by atoms with E-state index in [4.69, 9.17) is 15.3 Å². The minimum Gasteiger partial charge on any atom is -0.466 e. The maximum Gasteiger partial charge on any atom is 0.344 e. The molecule has 5 N–H and O–H groups in total. The van der Waals surface area contributed by atoms with Crippen LogP contribution in [0.1, 0.15) is 6.42 Å². The summed E-state index contributed by atoms with van der Waals surface area (Å²) in [7, 11) is -4.28. The molecule has 0 aromatic heterocycles. The maximum absolute atomic E-state index is 13.1. The zero-order chi connectivity index (χ0) is 20.7. The van der Waals surface area contributed by atoms with Gasteiger partial charge in [-0.1, -0.05) is 42.5 Å². The Hall–Kier alpha value is -3.34. The van der Waals surface area contributed by atoms with Crippen LogP contribution in [0.5, 0.6) is 11.5 Å². The van der Waals surface area contributed by atoms with Gasteiger partial charge in [-0.15, -0.1) is 4.83 Å². The van der Waals surface area contributed by atoms with Gasteiger partial charge in [-0.3, -0.25) is 10.9 Å². The molecule has 152 valence electrons. The van der Waals surface area contributed by atoms with Gasteiger partial charge in [0.1, 0.15) is 17.3 Å². The lowest BCUT2D eigenvalue weighted by Gasteiger charge is -2.32. The fourth-order valence-electron chi connectivity index (χ4n) is 2.59. The lowest BCUT2D eigenvalue weighted by Crippen LogP contribution is -2.57. The summed E-state index contributed by atoms with van der Waals surface area (Å²) in [5, 5.41) is 0. The molecule has 3 rings (SSSR count). The molecular formula is C19H20N4O5S. The first-order chi connectivity index (χ1) is 13.9. The van der Waals surface area contributed by atoms with Gasteiger partial charge in [-0.05, 0) is 30.3 Å². The van der Waals surface area contributed by atoms with E-state index in [2.05, 4.69) is 0 Å². The molecule has 0 fully saturated rings. The third-order valence-corrected chi connectivity index (χ3v) is 5.59. The van der Waals surface area contributed by atoms with Crippen LogP contribution in [0.3, 0.4) is 0 Å². The fraction of sp³-hybridized carbons (Fsp3) is 0.105. The number of amides is 2. The Balaban J connectivity index is 1.96. The van der Waals surface area contributed by atoms with Crippen LogP contribution in [0.25, 0.3) is 0 Å². The zero-order valence-electron chi connectivity index (χ0n) is 15.2. The number of benzene rings is 2. The third-order valence-electron chi connectivity index (χ3n) is 3.94. The number of hydrogen-bond donors (Lipinski definition) is 4. The smallest absolute Gasteiger partial charge is 0.344 e. The van der Waals surface area contributed by atoms with Crippen molar-refractivity contribution in [2.75, 3.05) is 0 Å². The molecule has 29 heavy (non-hydrogen) atoms. The summed E-state index contributed by atoms with van der Waals surface area (Å²) in [4.78, 5) is 11.5. The standard InChI is InChI=1S/C19H20N4O5S/c20-21-18(24)22-23-29(25,26)19(28-16-10-5-2-6-11-16)13-7-12-17(14-19)27-15-8-3-1-4-9-15/h1-12,14,23H,13,20H2,(H2,21,22,24). The third kappa shape index (κ3) is 4.93. The van der Waals surface area contributed by atoms with Gasteiger partial charge in [-0.25, -0.2) is 19.1 Å². The van der Waals surface area contributed by atoms with Crippen LogP contribution in [-0.2, 0) is 10.0 Å². The highest BCUT2D eigenvalue weighted by molar-refractivity contribution is 7.90. The monoisotopic (exact) mass is 416 g/mol. The largest absolute Gasteiger partial charge is 0.466 e. The van der Waals surface area contributed by atoms with Crippen LogP contribution in [0.15, 0.2) is 84.7 Å². The highest BCUT2D eigenvalue weighted by atomic mass is 32.2. The van der Waals surface area contributed by atoms with Crippen molar-refractivity contribution in [2.45, 2.75) is 11.4 Å². The molecule has 0 aliphatic heterocycles. The van der Waals surface area contributed by atoms with Crippen molar-refractivity contribution in [3.63, 3.8) is 0 Å². The number of hydrazine groups is 2. The average molecular weight is 416 g/mol. The lowest BCUT2D eigenvalue weighted by molar-refractivity contribution is 0.194. The predicted octanol–water partition coefficient (Wildman–Crippen LogP) is 1.69. The minimum absolute atomic E-state index is 0.0230. The Bertz CT molecular complexity index is 1010. The molecule has 0 heterocycles. The van der Waals surface area contributed by atoms with Crippen molar-refractivity contribution >= 4 is 16.1 Å². The van der Waals surface area contributed by atoms with Gasteiger partial charge in [0.15, 0.2) is 0 Å². The van der Waals surface area contributed by atoms with Crippen LogP contribution < -0.4 is 31.0 Å². The summed E-state index contributed by atoms with van der Waals surface area (Å²) in [6.45, 7) is 0. The zero-order valence-corrected chi connectivity index (χ0v) is 16.1. The van der Waals surface area contributed by atoms with Gasteiger partial charge in [0, 0.05) is 12.5 Å². The normalized spacial score (nSPS) is 18.4. The highest BCUT2D eigenvalue weighted by Crippen LogP contribution is 2.33. The van der Waals surface area contributed by atoms with Gasteiger partial charge in [0.05, 0.1) is 0 Å². The van der Waals surface area contributed by atoms with Crippen molar-refractivity contribution in [1.29, 1.82) is 0 Å². The molecule has 0 radical (unpaired) electrons. The van der Waals surface area contributed by atoms with Crippen LogP contribution in [0.4, 0.5) is 4.79 Å². The fourth-order valence-corrected chi connectivity index (χ4v) is 3.78. The number of urea groups is 1. The van der Waals surface area contributed by atoms with Crippen LogP contribution in [-0.4, -0.2) is 19.4 Å². The molecule has 1 atom stereocenters. The van der Waals surface area contributed by atoms with Gasteiger partial charge >= 0.3 is 6.03 Å². The van der Waals surface area contributed by atoms with E-state index in [9.17, 15) is 13.2 Å². The molecule has 1 unspecified atom stereocenters. The number of ether oxygens (including phenoxy) is 2. The lowest BCUT2D eigenvalue weighted by atomic mass is 10.1. The number of nitrogens with one attached hydrogen (secondary N) is 3. The Labute approximate surface area is 168 Å². The van der Waals surface area contributed by atoms with E-state index in [1.54, 1.807) is 72.2 Å². The number of para-hydroxylation sites is 2. The second-order valence-corrected chi connectivity index (χ2v) is 7.90. The summed E-state index contributed by atoms with van der Waals surface area (Å²) in [6.07, 6.45) is 4.58. The molecule has 9 nitrogen and oxygen atoms in total.